The van der Waals surface area contributed by atoms with E-state index in [1.165, 1.54) is 12.8 Å². The Morgan fingerprint density at radius 2 is 1.67 bits per heavy atom. The standard InChI is InChI=1S/C12H24N2O2S.ClH/c1-14(12-6-8-13-9-7-12)17(15,16)10-11-4-2-3-5-11;/h11-13H,2-10H2,1H3;1H. The highest BCUT2D eigenvalue weighted by molar-refractivity contribution is 7.89. The minimum absolute atomic E-state index is 0. The molecule has 0 spiro atoms. The summed E-state index contributed by atoms with van der Waals surface area (Å²) >= 11 is 0. The molecule has 1 aliphatic heterocycles. The molecule has 2 fully saturated rings. The van der Waals surface area contributed by atoms with E-state index in [-0.39, 0.29) is 18.4 Å². The van der Waals surface area contributed by atoms with E-state index in [2.05, 4.69) is 5.32 Å². The zero-order valence-corrected chi connectivity index (χ0v) is 12.7. The van der Waals surface area contributed by atoms with Crippen LogP contribution < -0.4 is 5.32 Å². The zero-order valence-electron chi connectivity index (χ0n) is 11.1. The van der Waals surface area contributed by atoms with Crippen molar-refractivity contribution in [3.63, 3.8) is 0 Å². The van der Waals surface area contributed by atoms with Gasteiger partial charge >= 0.3 is 0 Å². The van der Waals surface area contributed by atoms with Crippen LogP contribution in [0.15, 0.2) is 0 Å². The molecule has 0 aromatic heterocycles. The van der Waals surface area contributed by atoms with E-state index in [1.807, 2.05) is 0 Å². The molecule has 2 rings (SSSR count). The molecule has 2 aliphatic rings. The molecule has 0 aromatic rings. The van der Waals surface area contributed by atoms with Crippen LogP contribution in [0.4, 0.5) is 0 Å². The molecule has 0 radical (unpaired) electrons. The highest BCUT2D eigenvalue weighted by Gasteiger charge is 2.30. The van der Waals surface area contributed by atoms with E-state index in [1.54, 1.807) is 11.4 Å². The van der Waals surface area contributed by atoms with Gasteiger partial charge in [-0.3, -0.25) is 0 Å². The third kappa shape index (κ3) is 4.08. The number of nitrogens with zero attached hydrogens (tertiary/aromatic N) is 1. The van der Waals surface area contributed by atoms with E-state index in [0.717, 1.165) is 38.8 Å². The van der Waals surface area contributed by atoms with Crippen LogP contribution in [0, 0.1) is 5.92 Å². The fourth-order valence-electron chi connectivity index (χ4n) is 2.99. The summed E-state index contributed by atoms with van der Waals surface area (Å²) in [5.41, 5.74) is 0. The van der Waals surface area contributed by atoms with Crippen molar-refractivity contribution < 1.29 is 8.42 Å². The summed E-state index contributed by atoms with van der Waals surface area (Å²) in [7, 11) is -1.27. The fraction of sp³-hybridized carbons (Fsp3) is 1.00. The topological polar surface area (TPSA) is 49.4 Å². The van der Waals surface area contributed by atoms with Crippen LogP contribution in [0.3, 0.4) is 0 Å². The smallest absolute Gasteiger partial charge is 0.214 e. The lowest BCUT2D eigenvalue weighted by Crippen LogP contribution is -2.45. The Kier molecular flexibility index (Phi) is 6.38. The van der Waals surface area contributed by atoms with Crippen LogP contribution in [0.25, 0.3) is 0 Å². The minimum Gasteiger partial charge on any atom is -0.317 e. The number of halogens is 1. The second kappa shape index (κ2) is 7.08. The summed E-state index contributed by atoms with van der Waals surface area (Å²) in [6, 6.07) is 0.211. The van der Waals surface area contributed by atoms with Gasteiger partial charge in [-0.05, 0) is 44.7 Å². The molecule has 0 bridgehead atoms. The van der Waals surface area contributed by atoms with Crippen LogP contribution in [0.1, 0.15) is 38.5 Å². The van der Waals surface area contributed by atoms with Gasteiger partial charge in [-0.15, -0.1) is 12.4 Å². The summed E-state index contributed by atoms with van der Waals surface area (Å²) in [6.45, 7) is 1.88. The number of hydrogen-bond donors (Lipinski definition) is 1. The second-order valence-electron chi connectivity index (χ2n) is 5.43. The van der Waals surface area contributed by atoms with Crippen LogP contribution >= 0.6 is 12.4 Å². The van der Waals surface area contributed by atoms with E-state index < -0.39 is 10.0 Å². The molecule has 1 aliphatic carbocycles. The summed E-state index contributed by atoms with van der Waals surface area (Å²) in [6.07, 6.45) is 6.49. The van der Waals surface area contributed by atoms with Crippen molar-refractivity contribution >= 4 is 22.4 Å². The van der Waals surface area contributed by atoms with Crippen molar-refractivity contribution in [3.8, 4) is 0 Å². The first-order valence-electron chi connectivity index (χ1n) is 6.76. The molecule has 0 amide bonds. The van der Waals surface area contributed by atoms with Gasteiger partial charge in [0.2, 0.25) is 10.0 Å². The lowest BCUT2D eigenvalue weighted by atomic mass is 10.1. The molecule has 1 heterocycles. The molecule has 6 heteroatoms. The zero-order chi connectivity index (χ0) is 12.3. The van der Waals surface area contributed by atoms with Gasteiger partial charge in [0.1, 0.15) is 0 Å². The first-order chi connectivity index (χ1) is 8.09. The molecule has 1 saturated carbocycles. The molecular weight excluding hydrogens is 272 g/mol. The third-order valence-corrected chi connectivity index (χ3v) is 6.25. The number of rotatable bonds is 4. The Balaban J connectivity index is 0.00000162. The molecular formula is C12H25ClN2O2S. The lowest BCUT2D eigenvalue weighted by molar-refractivity contribution is 0.294. The fourth-order valence-corrected chi connectivity index (χ4v) is 4.82. The van der Waals surface area contributed by atoms with Gasteiger partial charge in [0, 0.05) is 13.1 Å². The van der Waals surface area contributed by atoms with Gasteiger partial charge in [-0.1, -0.05) is 12.8 Å². The van der Waals surface area contributed by atoms with Crippen LogP contribution in [0.2, 0.25) is 0 Å². The number of hydrogen-bond acceptors (Lipinski definition) is 3. The van der Waals surface area contributed by atoms with Crippen molar-refractivity contribution in [1.82, 2.24) is 9.62 Å². The van der Waals surface area contributed by atoms with E-state index >= 15 is 0 Å². The maximum Gasteiger partial charge on any atom is 0.214 e. The predicted molar refractivity (Wildman–Crippen MR) is 76.6 cm³/mol. The summed E-state index contributed by atoms with van der Waals surface area (Å²) in [5.74, 6) is 0.775. The van der Waals surface area contributed by atoms with Crippen molar-refractivity contribution in [2.75, 3.05) is 25.9 Å². The molecule has 0 atom stereocenters. The van der Waals surface area contributed by atoms with E-state index in [4.69, 9.17) is 0 Å². The predicted octanol–water partition coefficient (Wildman–Crippen LogP) is 1.61. The summed E-state index contributed by atoms with van der Waals surface area (Å²) in [5, 5.41) is 3.27. The normalized spacial score (nSPS) is 23.2. The van der Waals surface area contributed by atoms with Gasteiger partial charge in [0.15, 0.2) is 0 Å². The van der Waals surface area contributed by atoms with E-state index in [0.29, 0.717) is 11.7 Å². The molecule has 1 saturated heterocycles. The van der Waals surface area contributed by atoms with Crippen LogP contribution in [-0.4, -0.2) is 44.7 Å². The molecule has 0 aromatic carbocycles. The SMILES string of the molecule is CN(C1CCNCC1)S(=O)(=O)CC1CCCC1.Cl. The average Bonchev–Trinajstić information content (AvgIpc) is 2.81. The molecule has 0 unspecified atom stereocenters. The second-order valence-corrected chi connectivity index (χ2v) is 7.50. The van der Waals surface area contributed by atoms with Gasteiger partial charge in [-0.25, -0.2) is 12.7 Å². The summed E-state index contributed by atoms with van der Waals surface area (Å²) < 4.78 is 26.2. The number of sulfonamides is 1. The maximum absolute atomic E-state index is 12.3. The highest BCUT2D eigenvalue weighted by Crippen LogP contribution is 2.27. The minimum atomic E-state index is -3.04. The van der Waals surface area contributed by atoms with Gasteiger partial charge < -0.3 is 5.32 Å². The van der Waals surface area contributed by atoms with Gasteiger partial charge in [-0.2, -0.15) is 0 Å². The molecule has 1 N–H and O–H groups in total. The Labute approximate surface area is 117 Å². The van der Waals surface area contributed by atoms with Crippen molar-refractivity contribution in [2.24, 2.45) is 5.92 Å². The Bertz CT molecular complexity index is 336. The monoisotopic (exact) mass is 296 g/mol. The van der Waals surface area contributed by atoms with Crippen molar-refractivity contribution in [3.05, 3.63) is 0 Å². The van der Waals surface area contributed by atoms with Crippen molar-refractivity contribution in [2.45, 2.75) is 44.6 Å². The Morgan fingerprint density at radius 1 is 1.11 bits per heavy atom. The van der Waals surface area contributed by atoms with Crippen LogP contribution in [0.5, 0.6) is 0 Å². The average molecular weight is 297 g/mol. The maximum atomic E-state index is 12.3. The summed E-state index contributed by atoms with van der Waals surface area (Å²) in [4.78, 5) is 0. The Hall–Kier alpha value is 0.160. The Morgan fingerprint density at radius 3 is 2.22 bits per heavy atom. The van der Waals surface area contributed by atoms with Crippen LogP contribution in [-0.2, 0) is 10.0 Å². The lowest BCUT2D eigenvalue weighted by Gasteiger charge is -2.31. The first-order valence-corrected chi connectivity index (χ1v) is 8.37. The van der Waals surface area contributed by atoms with Gasteiger partial charge in [0.25, 0.3) is 0 Å². The highest BCUT2D eigenvalue weighted by atomic mass is 35.5. The quantitative estimate of drug-likeness (QED) is 0.857. The number of nitrogens with one attached hydrogen (secondary N) is 1. The molecule has 18 heavy (non-hydrogen) atoms. The van der Waals surface area contributed by atoms with E-state index in [9.17, 15) is 8.42 Å². The first kappa shape index (κ1) is 16.2. The molecule has 4 nitrogen and oxygen atoms in total. The largest absolute Gasteiger partial charge is 0.317 e. The van der Waals surface area contributed by atoms with Crippen molar-refractivity contribution in [1.29, 1.82) is 0 Å². The number of piperidine rings is 1. The van der Waals surface area contributed by atoms with Gasteiger partial charge in [0.05, 0.1) is 5.75 Å². The molecule has 108 valence electrons. The third-order valence-electron chi connectivity index (χ3n) is 4.18.